The Balaban J connectivity index is 1.99. The number of carbonyl (C=O) groups is 1. The van der Waals surface area contributed by atoms with Crippen molar-refractivity contribution in [2.24, 2.45) is 0 Å². The van der Waals surface area contributed by atoms with Gasteiger partial charge in [-0.2, -0.15) is 0 Å². The van der Waals surface area contributed by atoms with E-state index in [1.165, 1.54) is 0 Å². The third-order valence-corrected chi connectivity index (χ3v) is 2.15. The van der Waals surface area contributed by atoms with E-state index in [1.807, 2.05) is 10.8 Å². The summed E-state index contributed by atoms with van der Waals surface area (Å²) < 4.78 is 1.98. The van der Waals surface area contributed by atoms with Gasteiger partial charge in [0.15, 0.2) is 0 Å². The van der Waals surface area contributed by atoms with Crippen molar-refractivity contribution >= 4 is 5.91 Å². The lowest BCUT2D eigenvalue weighted by atomic mass is 10.2. The average molecular weight is 208 g/mol. The second-order valence-electron chi connectivity index (χ2n) is 3.55. The monoisotopic (exact) mass is 208 g/mol. The number of hydrogen-bond acceptors (Lipinski definition) is 2. The number of unbranched alkanes of at least 4 members (excludes halogenated alkanes) is 1. The number of aryl methyl sites for hydroxylation is 1. The van der Waals surface area contributed by atoms with Gasteiger partial charge in [-0.1, -0.05) is 6.92 Å². The smallest absolute Gasteiger partial charge is 0.219 e. The summed E-state index contributed by atoms with van der Waals surface area (Å²) in [5.41, 5.74) is 0. The number of nitrogens with zero attached hydrogens (tertiary/aromatic N) is 2. The van der Waals surface area contributed by atoms with Crippen LogP contribution in [-0.4, -0.2) is 22.0 Å². The van der Waals surface area contributed by atoms with E-state index < -0.39 is 0 Å². The summed E-state index contributed by atoms with van der Waals surface area (Å²) in [5.74, 6) is 0.161. The molecule has 0 bridgehead atoms. The molecule has 1 radical (unpaired) electrons. The molecule has 0 unspecified atom stereocenters. The minimum Gasteiger partial charge on any atom is -0.356 e. The zero-order valence-corrected chi connectivity index (χ0v) is 9.20. The standard InChI is InChI=1S/C11H18N3O/c1-2-6-13-11(15)5-3-4-8-14-9-7-12-10-14/h9-10H,2-6,8H2,1H3,(H,13,15). The van der Waals surface area contributed by atoms with Crippen LogP contribution in [0.3, 0.4) is 0 Å². The molecule has 0 atom stereocenters. The molecule has 1 N–H and O–H groups in total. The molecular formula is C11H18N3O. The number of nitrogens with one attached hydrogen (secondary N) is 1. The maximum absolute atomic E-state index is 11.2. The van der Waals surface area contributed by atoms with Crippen LogP contribution in [0.1, 0.15) is 32.6 Å². The molecule has 0 spiro atoms. The van der Waals surface area contributed by atoms with Crippen LogP contribution >= 0.6 is 0 Å². The lowest BCUT2D eigenvalue weighted by molar-refractivity contribution is -0.121. The van der Waals surface area contributed by atoms with Gasteiger partial charge in [0.25, 0.3) is 0 Å². The van der Waals surface area contributed by atoms with Crippen LogP contribution in [0.2, 0.25) is 0 Å². The highest BCUT2D eigenvalue weighted by molar-refractivity contribution is 5.75. The molecule has 1 heterocycles. The summed E-state index contributed by atoms with van der Waals surface area (Å²) in [5, 5.41) is 2.86. The van der Waals surface area contributed by atoms with Crippen LogP contribution in [0.25, 0.3) is 0 Å². The molecule has 0 saturated heterocycles. The molecule has 4 nitrogen and oxygen atoms in total. The Morgan fingerprint density at radius 1 is 1.53 bits per heavy atom. The van der Waals surface area contributed by atoms with Gasteiger partial charge >= 0.3 is 0 Å². The number of rotatable bonds is 7. The van der Waals surface area contributed by atoms with E-state index in [-0.39, 0.29) is 5.91 Å². The molecule has 0 aliphatic heterocycles. The lowest BCUT2D eigenvalue weighted by Gasteiger charge is -2.03. The van der Waals surface area contributed by atoms with Crippen molar-refractivity contribution in [3.63, 3.8) is 0 Å². The summed E-state index contributed by atoms with van der Waals surface area (Å²) in [6, 6.07) is 0. The first kappa shape index (κ1) is 11.8. The molecule has 0 saturated carbocycles. The fourth-order valence-corrected chi connectivity index (χ4v) is 1.30. The Morgan fingerprint density at radius 3 is 3.07 bits per heavy atom. The maximum Gasteiger partial charge on any atom is 0.219 e. The van der Waals surface area contributed by atoms with E-state index in [4.69, 9.17) is 0 Å². The van der Waals surface area contributed by atoms with Crippen LogP contribution in [0.4, 0.5) is 0 Å². The molecule has 4 heteroatoms. The molecule has 1 aromatic rings. The topological polar surface area (TPSA) is 46.9 Å². The van der Waals surface area contributed by atoms with Crippen molar-refractivity contribution in [1.82, 2.24) is 14.9 Å². The van der Waals surface area contributed by atoms with Crippen LogP contribution in [0.5, 0.6) is 0 Å². The zero-order chi connectivity index (χ0) is 10.9. The van der Waals surface area contributed by atoms with Crippen LogP contribution < -0.4 is 5.32 Å². The van der Waals surface area contributed by atoms with Crippen molar-refractivity contribution in [1.29, 1.82) is 0 Å². The van der Waals surface area contributed by atoms with E-state index >= 15 is 0 Å². The fourth-order valence-electron chi connectivity index (χ4n) is 1.30. The Bertz CT molecular complexity index is 269. The molecule has 1 rings (SSSR count). The van der Waals surface area contributed by atoms with Crippen molar-refractivity contribution in [2.75, 3.05) is 6.54 Å². The first-order valence-corrected chi connectivity index (χ1v) is 5.47. The Kier molecular flexibility index (Phi) is 5.51. The van der Waals surface area contributed by atoms with Crippen molar-refractivity contribution < 1.29 is 4.79 Å². The van der Waals surface area contributed by atoms with Crippen molar-refractivity contribution in [3.05, 3.63) is 18.7 Å². The van der Waals surface area contributed by atoms with Gasteiger partial charge in [-0.15, -0.1) is 0 Å². The Morgan fingerprint density at radius 2 is 2.40 bits per heavy atom. The zero-order valence-electron chi connectivity index (χ0n) is 9.20. The highest BCUT2D eigenvalue weighted by Crippen LogP contribution is 1.98. The number of carbonyl (C=O) groups excluding carboxylic acids is 1. The Labute approximate surface area is 90.7 Å². The predicted octanol–water partition coefficient (Wildman–Crippen LogP) is 1.38. The van der Waals surface area contributed by atoms with Gasteiger partial charge in [0.05, 0.1) is 6.33 Å². The van der Waals surface area contributed by atoms with Gasteiger partial charge in [-0.3, -0.25) is 4.79 Å². The van der Waals surface area contributed by atoms with Gasteiger partial charge in [0.1, 0.15) is 6.20 Å². The molecule has 0 aliphatic rings. The van der Waals surface area contributed by atoms with Crippen LogP contribution in [-0.2, 0) is 11.3 Å². The summed E-state index contributed by atoms with van der Waals surface area (Å²) >= 11 is 0. The highest BCUT2D eigenvalue weighted by Gasteiger charge is 1.99. The van der Waals surface area contributed by atoms with Gasteiger partial charge < -0.3 is 9.88 Å². The predicted molar refractivity (Wildman–Crippen MR) is 58.2 cm³/mol. The van der Waals surface area contributed by atoms with Gasteiger partial charge in [-0.05, 0) is 19.3 Å². The van der Waals surface area contributed by atoms with Gasteiger partial charge in [0, 0.05) is 25.7 Å². The van der Waals surface area contributed by atoms with Gasteiger partial charge in [-0.25, -0.2) is 4.98 Å². The number of hydrogen-bond donors (Lipinski definition) is 1. The third kappa shape index (κ3) is 5.20. The molecule has 15 heavy (non-hydrogen) atoms. The number of aromatic nitrogens is 2. The highest BCUT2D eigenvalue weighted by atomic mass is 16.1. The largest absolute Gasteiger partial charge is 0.356 e. The molecule has 0 aliphatic carbocycles. The molecular weight excluding hydrogens is 190 g/mol. The minimum atomic E-state index is 0.161. The summed E-state index contributed by atoms with van der Waals surface area (Å²) in [6.07, 6.45) is 9.85. The van der Waals surface area contributed by atoms with Crippen molar-refractivity contribution in [3.8, 4) is 0 Å². The third-order valence-electron chi connectivity index (χ3n) is 2.15. The summed E-state index contributed by atoms with van der Waals surface area (Å²) in [7, 11) is 0. The number of imidazole rings is 1. The summed E-state index contributed by atoms with van der Waals surface area (Å²) in [6.45, 7) is 3.75. The first-order chi connectivity index (χ1) is 7.33. The second kappa shape index (κ2) is 7.04. The fraction of sp³-hybridized carbons (Fsp3) is 0.636. The molecule has 1 aromatic heterocycles. The van der Waals surface area contributed by atoms with Crippen LogP contribution in [0, 0.1) is 6.20 Å². The quantitative estimate of drug-likeness (QED) is 0.688. The van der Waals surface area contributed by atoms with E-state index in [9.17, 15) is 4.79 Å². The Hall–Kier alpha value is -1.32. The summed E-state index contributed by atoms with van der Waals surface area (Å²) in [4.78, 5) is 15.1. The normalized spacial score (nSPS) is 10.2. The van der Waals surface area contributed by atoms with Gasteiger partial charge in [0.2, 0.25) is 5.91 Å². The minimum absolute atomic E-state index is 0.161. The molecule has 0 fully saturated rings. The van der Waals surface area contributed by atoms with Crippen LogP contribution in [0.15, 0.2) is 12.5 Å². The first-order valence-electron chi connectivity index (χ1n) is 5.47. The van der Waals surface area contributed by atoms with Crippen molar-refractivity contribution in [2.45, 2.75) is 39.2 Å². The number of amides is 1. The van der Waals surface area contributed by atoms with E-state index in [2.05, 4.69) is 23.4 Å². The lowest BCUT2D eigenvalue weighted by Crippen LogP contribution is -2.23. The maximum atomic E-state index is 11.2. The molecule has 83 valence electrons. The SMILES string of the molecule is CCCNC(=O)CCCCn1c[c]nc1. The average Bonchev–Trinajstić information content (AvgIpc) is 2.74. The van der Waals surface area contributed by atoms with E-state index in [1.54, 1.807) is 6.33 Å². The molecule has 0 aromatic carbocycles. The van der Waals surface area contributed by atoms with E-state index in [0.717, 1.165) is 32.4 Å². The second-order valence-corrected chi connectivity index (χ2v) is 3.55. The molecule has 1 amide bonds. The van der Waals surface area contributed by atoms with E-state index in [0.29, 0.717) is 6.42 Å².